The maximum atomic E-state index is 8.79. The third-order valence-corrected chi connectivity index (χ3v) is 2.98. The van der Waals surface area contributed by atoms with E-state index in [1.54, 1.807) is 25.3 Å². The molecule has 2 rings (SSSR count). The Bertz CT molecular complexity index is 614. The van der Waals surface area contributed by atoms with Gasteiger partial charge in [0.05, 0.1) is 30.1 Å². The van der Waals surface area contributed by atoms with Crippen LogP contribution in [0.2, 0.25) is 0 Å². The summed E-state index contributed by atoms with van der Waals surface area (Å²) in [7, 11) is 3.54. The molecule has 0 heterocycles. The fraction of sp³-hybridized carbons (Fsp3) is 0.133. The van der Waals surface area contributed by atoms with Crippen molar-refractivity contribution in [1.29, 1.82) is 5.26 Å². The van der Waals surface area contributed by atoms with Crippen molar-refractivity contribution in [3.05, 3.63) is 48.0 Å². The Balaban J connectivity index is 2.32. The van der Waals surface area contributed by atoms with Gasteiger partial charge in [0.25, 0.3) is 0 Å². The zero-order valence-corrected chi connectivity index (χ0v) is 10.9. The van der Waals surface area contributed by atoms with Gasteiger partial charge in [0.15, 0.2) is 0 Å². The van der Waals surface area contributed by atoms with Crippen LogP contribution < -0.4 is 15.4 Å². The summed E-state index contributed by atoms with van der Waals surface area (Å²) in [6.07, 6.45) is 0. The predicted molar refractivity (Wildman–Crippen MR) is 76.6 cm³/mol. The van der Waals surface area contributed by atoms with Gasteiger partial charge in [-0.25, -0.2) is 0 Å². The normalized spacial score (nSPS) is 9.74. The standard InChI is InChI=1S/C15H15N3O/c1-18(12-5-3-11(10-16)4-6-12)15-8-7-13(19-2)9-14(15)17/h3-9H,17H2,1-2H3. The van der Waals surface area contributed by atoms with Crippen molar-refractivity contribution in [2.45, 2.75) is 0 Å². The number of nitrogens with two attached hydrogens (primary N) is 1. The summed E-state index contributed by atoms with van der Waals surface area (Å²) in [5, 5.41) is 8.79. The molecule has 2 aromatic carbocycles. The van der Waals surface area contributed by atoms with Gasteiger partial charge < -0.3 is 15.4 Å². The van der Waals surface area contributed by atoms with Gasteiger partial charge in [0.1, 0.15) is 5.75 Å². The molecule has 19 heavy (non-hydrogen) atoms. The predicted octanol–water partition coefficient (Wildman–Crippen LogP) is 2.92. The number of nitrogen functional groups attached to an aromatic ring is 1. The van der Waals surface area contributed by atoms with Gasteiger partial charge in [-0.05, 0) is 36.4 Å². The van der Waals surface area contributed by atoms with Gasteiger partial charge in [0.2, 0.25) is 0 Å². The zero-order chi connectivity index (χ0) is 13.8. The summed E-state index contributed by atoms with van der Waals surface area (Å²) in [4.78, 5) is 1.97. The zero-order valence-electron chi connectivity index (χ0n) is 10.9. The maximum absolute atomic E-state index is 8.79. The molecule has 4 heteroatoms. The van der Waals surface area contributed by atoms with Crippen molar-refractivity contribution in [3.63, 3.8) is 0 Å². The van der Waals surface area contributed by atoms with Crippen LogP contribution >= 0.6 is 0 Å². The average Bonchev–Trinajstić information content (AvgIpc) is 2.46. The first kappa shape index (κ1) is 12.8. The average molecular weight is 253 g/mol. The molecule has 0 amide bonds. The Labute approximate surface area is 112 Å². The Hall–Kier alpha value is -2.67. The summed E-state index contributed by atoms with van der Waals surface area (Å²) in [6, 6.07) is 15.0. The van der Waals surface area contributed by atoms with Crippen LogP contribution in [-0.4, -0.2) is 14.2 Å². The second-order valence-electron chi connectivity index (χ2n) is 4.14. The molecule has 0 aliphatic heterocycles. The SMILES string of the molecule is COc1ccc(N(C)c2ccc(C#N)cc2)c(N)c1. The van der Waals surface area contributed by atoms with Gasteiger partial charge >= 0.3 is 0 Å². The monoisotopic (exact) mass is 253 g/mol. The van der Waals surface area contributed by atoms with Crippen molar-refractivity contribution in [2.75, 3.05) is 24.8 Å². The first-order valence-corrected chi connectivity index (χ1v) is 5.83. The summed E-state index contributed by atoms with van der Waals surface area (Å²) in [5.74, 6) is 0.731. The van der Waals surface area contributed by atoms with E-state index >= 15 is 0 Å². The number of ether oxygens (including phenoxy) is 1. The number of nitrogens with zero attached hydrogens (tertiary/aromatic N) is 2. The third-order valence-electron chi connectivity index (χ3n) is 2.98. The molecule has 0 bridgehead atoms. The fourth-order valence-corrected chi connectivity index (χ4v) is 1.86. The number of hydrogen-bond donors (Lipinski definition) is 1. The Morgan fingerprint density at radius 1 is 1.16 bits per heavy atom. The molecule has 0 saturated carbocycles. The Morgan fingerprint density at radius 2 is 1.84 bits per heavy atom. The van der Waals surface area contributed by atoms with Crippen LogP contribution in [-0.2, 0) is 0 Å². The van der Waals surface area contributed by atoms with Gasteiger partial charge in [-0.1, -0.05) is 0 Å². The minimum absolute atomic E-state index is 0.639. The smallest absolute Gasteiger partial charge is 0.121 e. The fourth-order valence-electron chi connectivity index (χ4n) is 1.86. The van der Waals surface area contributed by atoms with E-state index in [1.807, 2.05) is 36.2 Å². The van der Waals surface area contributed by atoms with Crippen molar-refractivity contribution in [3.8, 4) is 11.8 Å². The van der Waals surface area contributed by atoms with Gasteiger partial charge in [-0.15, -0.1) is 0 Å². The summed E-state index contributed by atoms with van der Waals surface area (Å²) < 4.78 is 5.13. The molecule has 96 valence electrons. The quantitative estimate of drug-likeness (QED) is 0.854. The van der Waals surface area contributed by atoms with Crippen LogP contribution in [0.15, 0.2) is 42.5 Å². The van der Waals surface area contributed by atoms with Crippen LogP contribution in [0.3, 0.4) is 0 Å². The third kappa shape index (κ3) is 2.61. The summed E-state index contributed by atoms with van der Waals surface area (Å²) >= 11 is 0. The van der Waals surface area contributed by atoms with Crippen molar-refractivity contribution >= 4 is 17.1 Å². The molecule has 0 saturated heterocycles. The van der Waals surface area contributed by atoms with Crippen LogP contribution in [0.25, 0.3) is 0 Å². The van der Waals surface area contributed by atoms with E-state index in [2.05, 4.69) is 6.07 Å². The lowest BCUT2D eigenvalue weighted by Gasteiger charge is -2.21. The van der Waals surface area contributed by atoms with Crippen molar-refractivity contribution < 1.29 is 4.74 Å². The molecule has 2 N–H and O–H groups in total. The highest BCUT2D eigenvalue weighted by atomic mass is 16.5. The summed E-state index contributed by atoms with van der Waals surface area (Å²) in [5.41, 5.74) is 9.16. The molecule has 2 aromatic rings. The lowest BCUT2D eigenvalue weighted by molar-refractivity contribution is 0.415. The molecule has 0 unspecified atom stereocenters. The maximum Gasteiger partial charge on any atom is 0.121 e. The minimum Gasteiger partial charge on any atom is -0.497 e. The highest BCUT2D eigenvalue weighted by molar-refractivity contribution is 5.75. The first-order valence-electron chi connectivity index (χ1n) is 5.83. The van der Waals surface area contributed by atoms with Gasteiger partial charge in [-0.2, -0.15) is 5.26 Å². The van der Waals surface area contributed by atoms with E-state index in [1.165, 1.54) is 0 Å². The topological polar surface area (TPSA) is 62.3 Å². The molecule has 0 spiro atoms. The largest absolute Gasteiger partial charge is 0.497 e. The van der Waals surface area contributed by atoms with E-state index in [4.69, 9.17) is 15.7 Å². The number of nitriles is 1. The second-order valence-corrected chi connectivity index (χ2v) is 4.14. The number of methoxy groups -OCH3 is 1. The van der Waals surface area contributed by atoms with Crippen molar-refractivity contribution in [2.24, 2.45) is 0 Å². The highest BCUT2D eigenvalue weighted by Crippen LogP contribution is 2.31. The Morgan fingerprint density at radius 3 is 2.37 bits per heavy atom. The number of benzene rings is 2. The molecule has 0 aliphatic carbocycles. The summed E-state index contributed by atoms with van der Waals surface area (Å²) in [6.45, 7) is 0. The molecule has 0 aliphatic rings. The van der Waals surface area contributed by atoms with Gasteiger partial charge in [-0.3, -0.25) is 0 Å². The molecule has 0 aromatic heterocycles. The molecular weight excluding hydrogens is 238 g/mol. The molecule has 0 fully saturated rings. The lowest BCUT2D eigenvalue weighted by atomic mass is 10.2. The second kappa shape index (κ2) is 5.32. The number of anilines is 3. The van der Waals surface area contributed by atoms with E-state index < -0.39 is 0 Å². The van der Waals surface area contributed by atoms with Gasteiger partial charge in [0, 0.05) is 18.8 Å². The van der Waals surface area contributed by atoms with E-state index in [0.717, 1.165) is 17.1 Å². The van der Waals surface area contributed by atoms with Crippen LogP contribution in [0.5, 0.6) is 5.75 Å². The Kier molecular flexibility index (Phi) is 3.58. The number of hydrogen-bond acceptors (Lipinski definition) is 4. The van der Waals surface area contributed by atoms with E-state index in [9.17, 15) is 0 Å². The molecular formula is C15H15N3O. The first-order chi connectivity index (χ1) is 9.15. The molecule has 0 radical (unpaired) electrons. The molecule has 0 atom stereocenters. The number of rotatable bonds is 3. The van der Waals surface area contributed by atoms with Crippen LogP contribution in [0, 0.1) is 11.3 Å². The van der Waals surface area contributed by atoms with E-state index in [0.29, 0.717) is 11.3 Å². The highest BCUT2D eigenvalue weighted by Gasteiger charge is 2.08. The van der Waals surface area contributed by atoms with Crippen LogP contribution in [0.4, 0.5) is 17.1 Å². The minimum atomic E-state index is 0.639. The van der Waals surface area contributed by atoms with Crippen molar-refractivity contribution in [1.82, 2.24) is 0 Å². The van der Waals surface area contributed by atoms with Crippen LogP contribution in [0.1, 0.15) is 5.56 Å². The van der Waals surface area contributed by atoms with E-state index in [-0.39, 0.29) is 0 Å². The molecule has 4 nitrogen and oxygen atoms in total. The lowest BCUT2D eigenvalue weighted by Crippen LogP contribution is -2.11.